The topological polar surface area (TPSA) is 38.8 Å². The Morgan fingerprint density at radius 2 is 1.95 bits per heavy atom. The van der Waals surface area contributed by atoms with Gasteiger partial charge in [-0.05, 0) is 31.9 Å². The van der Waals surface area contributed by atoms with Gasteiger partial charge in [-0.2, -0.15) is 0 Å². The first-order valence-electron chi connectivity index (χ1n) is 7.65. The van der Waals surface area contributed by atoms with E-state index in [2.05, 4.69) is 6.92 Å². The number of hydrogen-bond donors (Lipinski definition) is 0. The van der Waals surface area contributed by atoms with E-state index in [1.807, 2.05) is 29.2 Å². The SMILES string of the molecule is COCC1(C(=O)N2CC(Oc3ccc(C)cc3)C2)CCC1. The average molecular weight is 289 g/mol. The number of benzene rings is 1. The second-order valence-electron chi connectivity index (χ2n) is 6.33. The predicted molar refractivity (Wildman–Crippen MR) is 80.3 cm³/mol. The van der Waals surface area contributed by atoms with Gasteiger partial charge in [0.1, 0.15) is 11.9 Å². The third kappa shape index (κ3) is 2.77. The number of methoxy groups -OCH3 is 1. The van der Waals surface area contributed by atoms with Gasteiger partial charge < -0.3 is 14.4 Å². The zero-order valence-electron chi connectivity index (χ0n) is 12.8. The Bertz CT molecular complexity index is 501. The monoisotopic (exact) mass is 289 g/mol. The van der Waals surface area contributed by atoms with Crippen LogP contribution in [0, 0.1) is 12.3 Å². The fourth-order valence-corrected chi connectivity index (χ4v) is 3.12. The van der Waals surface area contributed by atoms with Gasteiger partial charge in [0.05, 0.1) is 25.1 Å². The van der Waals surface area contributed by atoms with Crippen LogP contribution in [0.4, 0.5) is 0 Å². The zero-order chi connectivity index (χ0) is 14.9. The highest BCUT2D eigenvalue weighted by molar-refractivity contribution is 5.84. The van der Waals surface area contributed by atoms with Crippen LogP contribution >= 0.6 is 0 Å². The molecule has 0 unspecified atom stereocenters. The first-order chi connectivity index (χ1) is 10.1. The Kier molecular flexibility index (Phi) is 3.89. The summed E-state index contributed by atoms with van der Waals surface area (Å²) in [6, 6.07) is 8.05. The molecule has 0 aromatic heterocycles. The van der Waals surface area contributed by atoms with E-state index in [1.165, 1.54) is 5.56 Å². The molecule has 1 amide bonds. The van der Waals surface area contributed by atoms with Crippen molar-refractivity contribution >= 4 is 5.91 Å². The van der Waals surface area contributed by atoms with Gasteiger partial charge in [-0.3, -0.25) is 4.79 Å². The maximum absolute atomic E-state index is 12.6. The molecule has 4 nitrogen and oxygen atoms in total. The van der Waals surface area contributed by atoms with Crippen molar-refractivity contribution in [3.8, 4) is 5.75 Å². The molecule has 114 valence electrons. The minimum absolute atomic E-state index is 0.122. The largest absolute Gasteiger partial charge is 0.487 e. The van der Waals surface area contributed by atoms with Crippen molar-refractivity contribution in [1.29, 1.82) is 0 Å². The van der Waals surface area contributed by atoms with Gasteiger partial charge in [-0.1, -0.05) is 24.1 Å². The van der Waals surface area contributed by atoms with Crippen LogP contribution in [0.2, 0.25) is 0 Å². The molecule has 1 aromatic carbocycles. The Balaban J connectivity index is 1.51. The van der Waals surface area contributed by atoms with Crippen molar-refractivity contribution in [2.45, 2.75) is 32.3 Å². The summed E-state index contributed by atoms with van der Waals surface area (Å²) in [6.07, 6.45) is 3.17. The van der Waals surface area contributed by atoms with Crippen LogP contribution in [0.15, 0.2) is 24.3 Å². The molecule has 0 atom stereocenters. The average Bonchev–Trinajstić information content (AvgIpc) is 2.39. The molecule has 3 rings (SSSR count). The molecule has 2 aliphatic rings. The second kappa shape index (κ2) is 5.68. The molecular formula is C17H23NO3. The number of hydrogen-bond acceptors (Lipinski definition) is 3. The first-order valence-corrected chi connectivity index (χ1v) is 7.65. The predicted octanol–water partition coefficient (Wildman–Crippen LogP) is 2.40. The van der Waals surface area contributed by atoms with Gasteiger partial charge in [-0.25, -0.2) is 0 Å². The zero-order valence-corrected chi connectivity index (χ0v) is 12.8. The van der Waals surface area contributed by atoms with Gasteiger partial charge in [0.2, 0.25) is 5.91 Å². The van der Waals surface area contributed by atoms with Crippen molar-refractivity contribution in [3.63, 3.8) is 0 Å². The quantitative estimate of drug-likeness (QED) is 0.835. The summed E-state index contributed by atoms with van der Waals surface area (Å²) < 4.78 is 11.1. The van der Waals surface area contributed by atoms with Crippen molar-refractivity contribution in [3.05, 3.63) is 29.8 Å². The Morgan fingerprint density at radius 3 is 2.48 bits per heavy atom. The lowest BCUT2D eigenvalue weighted by Gasteiger charge is -2.48. The number of rotatable bonds is 5. The van der Waals surface area contributed by atoms with Gasteiger partial charge >= 0.3 is 0 Å². The first kappa shape index (κ1) is 14.4. The van der Waals surface area contributed by atoms with Gasteiger partial charge in [0, 0.05) is 7.11 Å². The number of likely N-dealkylation sites (tertiary alicyclic amines) is 1. The fourth-order valence-electron chi connectivity index (χ4n) is 3.12. The van der Waals surface area contributed by atoms with E-state index in [-0.39, 0.29) is 17.4 Å². The Hall–Kier alpha value is -1.55. The molecule has 21 heavy (non-hydrogen) atoms. The lowest BCUT2D eigenvalue weighted by Crippen LogP contribution is -2.62. The van der Waals surface area contributed by atoms with E-state index < -0.39 is 0 Å². The summed E-state index contributed by atoms with van der Waals surface area (Å²) in [4.78, 5) is 14.5. The van der Waals surface area contributed by atoms with Crippen molar-refractivity contribution in [1.82, 2.24) is 4.90 Å². The number of nitrogens with zero attached hydrogens (tertiary/aromatic N) is 1. The Labute approximate surface area is 126 Å². The highest BCUT2D eigenvalue weighted by Gasteiger charge is 2.49. The number of aryl methyl sites for hydroxylation is 1. The number of carbonyl (C=O) groups excluding carboxylic acids is 1. The highest BCUT2D eigenvalue weighted by atomic mass is 16.5. The van der Waals surface area contributed by atoms with Crippen LogP contribution < -0.4 is 4.74 Å². The van der Waals surface area contributed by atoms with Crippen LogP contribution in [0.3, 0.4) is 0 Å². The molecule has 1 saturated heterocycles. The van der Waals surface area contributed by atoms with Crippen LogP contribution in [0.1, 0.15) is 24.8 Å². The van der Waals surface area contributed by atoms with Crippen LogP contribution in [-0.2, 0) is 9.53 Å². The molecular weight excluding hydrogens is 266 g/mol. The van der Waals surface area contributed by atoms with E-state index in [9.17, 15) is 4.79 Å². The van der Waals surface area contributed by atoms with Gasteiger partial charge in [-0.15, -0.1) is 0 Å². The standard InChI is InChI=1S/C17H23NO3/c1-13-4-6-14(7-5-13)21-15-10-18(11-15)16(19)17(12-20-2)8-3-9-17/h4-7,15H,3,8-12H2,1-2H3. The summed E-state index contributed by atoms with van der Waals surface area (Å²) in [5, 5.41) is 0. The summed E-state index contributed by atoms with van der Waals surface area (Å²) in [5.41, 5.74) is 0.975. The minimum atomic E-state index is -0.246. The molecule has 1 heterocycles. The van der Waals surface area contributed by atoms with Crippen molar-refractivity contribution in [2.24, 2.45) is 5.41 Å². The lowest BCUT2D eigenvalue weighted by atomic mass is 9.68. The molecule has 0 bridgehead atoms. The van der Waals surface area contributed by atoms with E-state index in [0.29, 0.717) is 19.7 Å². The molecule has 0 N–H and O–H groups in total. The molecule has 0 radical (unpaired) electrons. The molecule has 1 saturated carbocycles. The third-order valence-electron chi connectivity index (χ3n) is 4.64. The number of ether oxygens (including phenoxy) is 2. The molecule has 4 heteroatoms. The second-order valence-corrected chi connectivity index (χ2v) is 6.33. The summed E-state index contributed by atoms with van der Waals surface area (Å²) in [6.45, 7) is 3.99. The maximum Gasteiger partial charge on any atom is 0.231 e. The molecule has 0 spiro atoms. The molecule has 1 aromatic rings. The van der Waals surface area contributed by atoms with E-state index in [1.54, 1.807) is 7.11 Å². The number of amides is 1. The summed E-state index contributed by atoms with van der Waals surface area (Å²) in [5.74, 6) is 1.13. The fraction of sp³-hybridized carbons (Fsp3) is 0.588. The van der Waals surface area contributed by atoms with Gasteiger partial charge in [0.15, 0.2) is 0 Å². The summed E-state index contributed by atoms with van der Waals surface area (Å²) >= 11 is 0. The molecule has 2 fully saturated rings. The van der Waals surface area contributed by atoms with Crippen LogP contribution in [0.5, 0.6) is 5.75 Å². The third-order valence-corrected chi connectivity index (χ3v) is 4.64. The van der Waals surface area contributed by atoms with Crippen LogP contribution in [-0.4, -0.2) is 43.7 Å². The molecule has 1 aliphatic heterocycles. The molecule has 1 aliphatic carbocycles. The summed E-state index contributed by atoms with van der Waals surface area (Å²) in [7, 11) is 1.67. The lowest BCUT2D eigenvalue weighted by molar-refractivity contribution is -0.161. The van der Waals surface area contributed by atoms with E-state index in [4.69, 9.17) is 9.47 Å². The normalized spacial score (nSPS) is 20.6. The maximum atomic E-state index is 12.6. The minimum Gasteiger partial charge on any atom is -0.487 e. The van der Waals surface area contributed by atoms with Crippen molar-refractivity contribution < 1.29 is 14.3 Å². The smallest absolute Gasteiger partial charge is 0.231 e. The van der Waals surface area contributed by atoms with Crippen LogP contribution in [0.25, 0.3) is 0 Å². The van der Waals surface area contributed by atoms with Gasteiger partial charge in [0.25, 0.3) is 0 Å². The number of carbonyl (C=O) groups is 1. The Morgan fingerprint density at radius 1 is 1.29 bits per heavy atom. The van der Waals surface area contributed by atoms with E-state index in [0.717, 1.165) is 25.0 Å². The highest BCUT2D eigenvalue weighted by Crippen LogP contribution is 2.43. The van der Waals surface area contributed by atoms with E-state index >= 15 is 0 Å². The van der Waals surface area contributed by atoms with Crippen molar-refractivity contribution in [2.75, 3.05) is 26.8 Å².